The van der Waals surface area contributed by atoms with Crippen molar-refractivity contribution in [1.82, 2.24) is 0 Å². The Balaban J connectivity index is 2.15. The molecule has 0 aliphatic heterocycles. The van der Waals surface area contributed by atoms with Crippen molar-refractivity contribution in [3.05, 3.63) is 0 Å². The second-order valence-corrected chi connectivity index (χ2v) is 5.81. The lowest BCUT2D eigenvalue weighted by Crippen LogP contribution is -2.41. The van der Waals surface area contributed by atoms with Gasteiger partial charge in [0.05, 0.1) is 12.5 Å². The van der Waals surface area contributed by atoms with Crippen LogP contribution >= 0.6 is 0 Å². The van der Waals surface area contributed by atoms with Crippen LogP contribution in [0.25, 0.3) is 0 Å². The van der Waals surface area contributed by atoms with E-state index >= 15 is 0 Å². The van der Waals surface area contributed by atoms with Gasteiger partial charge < -0.3 is 4.74 Å². The zero-order valence-electron chi connectivity index (χ0n) is 10.6. The number of ether oxygens (including phenoxy) is 1. The standard InChI is InChI=1S/C14H24O2/c1-11-7-9-14(10-8-11,13(15)16-2)12-5-3-4-6-12/h11-12H,3-10H2,1-2H3. The van der Waals surface area contributed by atoms with Crippen LogP contribution in [0.3, 0.4) is 0 Å². The molecule has 0 atom stereocenters. The van der Waals surface area contributed by atoms with Crippen molar-refractivity contribution >= 4 is 5.97 Å². The summed E-state index contributed by atoms with van der Waals surface area (Å²) in [5.41, 5.74) is -0.113. The summed E-state index contributed by atoms with van der Waals surface area (Å²) in [4.78, 5) is 12.2. The maximum absolute atomic E-state index is 12.2. The molecule has 0 N–H and O–H groups in total. The Morgan fingerprint density at radius 3 is 2.19 bits per heavy atom. The summed E-state index contributed by atoms with van der Waals surface area (Å²) < 4.78 is 5.10. The lowest BCUT2D eigenvalue weighted by atomic mass is 9.63. The van der Waals surface area contributed by atoms with Crippen LogP contribution in [-0.2, 0) is 9.53 Å². The van der Waals surface area contributed by atoms with Gasteiger partial charge in [0.2, 0.25) is 0 Å². The van der Waals surface area contributed by atoms with Crippen LogP contribution in [0.4, 0.5) is 0 Å². The highest BCUT2D eigenvalue weighted by Crippen LogP contribution is 2.50. The van der Waals surface area contributed by atoms with E-state index in [2.05, 4.69) is 6.92 Å². The summed E-state index contributed by atoms with van der Waals surface area (Å²) in [5, 5.41) is 0. The van der Waals surface area contributed by atoms with E-state index in [1.165, 1.54) is 38.5 Å². The van der Waals surface area contributed by atoms with Gasteiger partial charge in [-0.15, -0.1) is 0 Å². The summed E-state index contributed by atoms with van der Waals surface area (Å²) >= 11 is 0. The molecule has 0 bridgehead atoms. The Morgan fingerprint density at radius 1 is 1.12 bits per heavy atom. The van der Waals surface area contributed by atoms with Gasteiger partial charge in [0.15, 0.2) is 0 Å². The Morgan fingerprint density at radius 2 is 1.69 bits per heavy atom. The van der Waals surface area contributed by atoms with Gasteiger partial charge in [0, 0.05) is 0 Å². The highest BCUT2D eigenvalue weighted by Gasteiger charge is 2.48. The maximum atomic E-state index is 12.2. The van der Waals surface area contributed by atoms with Gasteiger partial charge in [-0.2, -0.15) is 0 Å². The van der Waals surface area contributed by atoms with Crippen molar-refractivity contribution in [3.63, 3.8) is 0 Å². The van der Waals surface area contributed by atoms with Crippen molar-refractivity contribution in [3.8, 4) is 0 Å². The third-order valence-electron chi connectivity index (χ3n) is 4.90. The van der Waals surface area contributed by atoms with E-state index in [0.717, 1.165) is 18.8 Å². The fraction of sp³-hybridized carbons (Fsp3) is 0.929. The molecule has 2 saturated carbocycles. The largest absolute Gasteiger partial charge is 0.469 e. The lowest BCUT2D eigenvalue weighted by molar-refractivity contribution is -0.160. The summed E-state index contributed by atoms with van der Waals surface area (Å²) in [6, 6.07) is 0. The third kappa shape index (κ3) is 1.99. The molecule has 2 rings (SSSR count). The maximum Gasteiger partial charge on any atom is 0.312 e. The van der Waals surface area contributed by atoms with Gasteiger partial charge in [0.1, 0.15) is 0 Å². The third-order valence-corrected chi connectivity index (χ3v) is 4.90. The minimum atomic E-state index is -0.113. The summed E-state index contributed by atoms with van der Waals surface area (Å²) in [6.45, 7) is 2.30. The molecule has 0 amide bonds. The Kier molecular flexibility index (Phi) is 3.56. The second-order valence-electron chi connectivity index (χ2n) is 5.81. The van der Waals surface area contributed by atoms with Crippen molar-refractivity contribution < 1.29 is 9.53 Å². The van der Waals surface area contributed by atoms with Crippen molar-refractivity contribution in [2.45, 2.75) is 58.3 Å². The molecular formula is C14H24O2. The van der Waals surface area contributed by atoms with Crippen LogP contribution in [0.2, 0.25) is 0 Å². The highest BCUT2D eigenvalue weighted by atomic mass is 16.5. The quantitative estimate of drug-likeness (QED) is 0.670. The molecule has 0 unspecified atom stereocenters. The number of methoxy groups -OCH3 is 1. The predicted molar refractivity (Wildman–Crippen MR) is 64.0 cm³/mol. The first-order valence-electron chi connectivity index (χ1n) is 6.77. The van der Waals surface area contributed by atoms with Crippen molar-refractivity contribution in [2.75, 3.05) is 7.11 Å². The fourth-order valence-electron chi connectivity index (χ4n) is 3.74. The first-order chi connectivity index (χ1) is 7.69. The van der Waals surface area contributed by atoms with Crippen LogP contribution in [0.5, 0.6) is 0 Å². The summed E-state index contributed by atoms with van der Waals surface area (Å²) in [5.74, 6) is 1.47. The normalized spacial score (nSPS) is 36.2. The van der Waals surface area contributed by atoms with Crippen LogP contribution in [0.1, 0.15) is 58.3 Å². The second kappa shape index (κ2) is 4.77. The summed E-state index contributed by atoms with van der Waals surface area (Å²) in [7, 11) is 1.55. The van der Waals surface area contributed by atoms with Gasteiger partial charge in [-0.25, -0.2) is 0 Å². The molecule has 0 spiro atoms. The molecule has 2 aliphatic carbocycles. The molecule has 0 aromatic heterocycles. The van der Waals surface area contributed by atoms with E-state index in [-0.39, 0.29) is 11.4 Å². The van der Waals surface area contributed by atoms with E-state index < -0.39 is 0 Å². The number of rotatable bonds is 2. The molecule has 0 aromatic rings. The number of hydrogen-bond donors (Lipinski definition) is 0. The molecule has 0 aromatic carbocycles. The van der Waals surface area contributed by atoms with Crippen molar-refractivity contribution in [1.29, 1.82) is 0 Å². The SMILES string of the molecule is COC(=O)C1(C2CCCC2)CCC(C)CC1. The number of hydrogen-bond acceptors (Lipinski definition) is 2. The predicted octanol–water partition coefficient (Wildman–Crippen LogP) is 3.55. The summed E-state index contributed by atoms with van der Waals surface area (Å²) in [6.07, 6.45) is 9.61. The van der Waals surface area contributed by atoms with Gasteiger partial charge in [-0.3, -0.25) is 4.79 Å². The molecule has 16 heavy (non-hydrogen) atoms. The molecular weight excluding hydrogens is 200 g/mol. The zero-order chi connectivity index (χ0) is 11.6. The number of esters is 1. The van der Waals surface area contributed by atoms with E-state index in [1.807, 2.05) is 0 Å². The molecule has 0 heterocycles. The van der Waals surface area contributed by atoms with Crippen LogP contribution < -0.4 is 0 Å². The Hall–Kier alpha value is -0.530. The Bertz CT molecular complexity index is 245. The number of carbonyl (C=O) groups excluding carboxylic acids is 1. The molecule has 0 saturated heterocycles. The van der Waals surface area contributed by atoms with Gasteiger partial charge in [0.25, 0.3) is 0 Å². The molecule has 0 radical (unpaired) electrons. The van der Waals surface area contributed by atoms with E-state index in [1.54, 1.807) is 7.11 Å². The van der Waals surface area contributed by atoms with E-state index in [9.17, 15) is 4.79 Å². The Labute approximate surface area is 98.7 Å². The first-order valence-corrected chi connectivity index (χ1v) is 6.77. The zero-order valence-corrected chi connectivity index (χ0v) is 10.6. The first kappa shape index (κ1) is 11.9. The molecule has 2 fully saturated rings. The molecule has 2 nitrogen and oxygen atoms in total. The monoisotopic (exact) mass is 224 g/mol. The van der Waals surface area contributed by atoms with Crippen LogP contribution in [0.15, 0.2) is 0 Å². The van der Waals surface area contributed by atoms with E-state index in [4.69, 9.17) is 4.74 Å². The molecule has 92 valence electrons. The van der Waals surface area contributed by atoms with Crippen LogP contribution in [-0.4, -0.2) is 13.1 Å². The van der Waals surface area contributed by atoms with E-state index in [0.29, 0.717) is 5.92 Å². The minimum absolute atomic E-state index is 0.0753. The topological polar surface area (TPSA) is 26.3 Å². The smallest absolute Gasteiger partial charge is 0.312 e. The number of carbonyl (C=O) groups is 1. The van der Waals surface area contributed by atoms with Gasteiger partial charge in [-0.1, -0.05) is 19.8 Å². The highest BCUT2D eigenvalue weighted by molar-refractivity contribution is 5.77. The minimum Gasteiger partial charge on any atom is -0.469 e. The molecule has 2 heteroatoms. The average molecular weight is 224 g/mol. The lowest BCUT2D eigenvalue weighted by Gasteiger charge is -2.41. The molecule has 2 aliphatic rings. The van der Waals surface area contributed by atoms with Crippen molar-refractivity contribution in [2.24, 2.45) is 17.3 Å². The van der Waals surface area contributed by atoms with Gasteiger partial charge >= 0.3 is 5.97 Å². The average Bonchev–Trinajstić information content (AvgIpc) is 2.83. The van der Waals surface area contributed by atoms with Crippen LogP contribution in [0, 0.1) is 17.3 Å². The van der Waals surface area contributed by atoms with Gasteiger partial charge in [-0.05, 0) is 50.4 Å². The fourth-order valence-corrected chi connectivity index (χ4v) is 3.74.